The molecule has 0 saturated heterocycles. The first-order chi connectivity index (χ1) is 10.8. The van der Waals surface area contributed by atoms with Crippen molar-refractivity contribution < 1.29 is 0 Å². The summed E-state index contributed by atoms with van der Waals surface area (Å²) >= 11 is 1.84. The first-order valence-electron chi connectivity index (χ1n) is 7.67. The second kappa shape index (κ2) is 7.33. The van der Waals surface area contributed by atoms with Gasteiger partial charge in [0.2, 0.25) is 0 Å². The number of rotatable bonds is 5. The zero-order valence-electron chi connectivity index (χ0n) is 12.8. The van der Waals surface area contributed by atoms with Crippen LogP contribution in [0.1, 0.15) is 16.7 Å². The molecular weight excluding hydrogens is 284 g/mol. The minimum atomic E-state index is 1.10. The third kappa shape index (κ3) is 4.02. The van der Waals surface area contributed by atoms with Crippen molar-refractivity contribution in [3.63, 3.8) is 0 Å². The normalized spacial score (nSPS) is 10.6. The Balaban J connectivity index is 1.62. The topological polar surface area (TPSA) is 0 Å². The van der Waals surface area contributed by atoms with Gasteiger partial charge in [-0.25, -0.2) is 0 Å². The molecule has 22 heavy (non-hydrogen) atoms. The highest BCUT2D eigenvalue weighted by molar-refractivity contribution is 7.99. The Morgan fingerprint density at radius 3 is 1.91 bits per heavy atom. The summed E-state index contributed by atoms with van der Waals surface area (Å²) in [7, 11) is 0. The van der Waals surface area contributed by atoms with Crippen LogP contribution in [0.3, 0.4) is 0 Å². The van der Waals surface area contributed by atoms with Crippen molar-refractivity contribution in [2.45, 2.75) is 29.6 Å². The Hall–Kier alpha value is -1.99. The molecule has 0 aliphatic carbocycles. The van der Waals surface area contributed by atoms with Crippen LogP contribution in [0.2, 0.25) is 0 Å². The molecule has 0 nitrogen and oxygen atoms in total. The van der Waals surface area contributed by atoms with Crippen LogP contribution in [0.5, 0.6) is 0 Å². The summed E-state index contributed by atoms with van der Waals surface area (Å²) in [5.74, 6) is 0. The predicted molar refractivity (Wildman–Crippen MR) is 95.6 cm³/mol. The monoisotopic (exact) mass is 304 g/mol. The van der Waals surface area contributed by atoms with Crippen molar-refractivity contribution in [3.05, 3.63) is 95.6 Å². The van der Waals surface area contributed by atoms with Gasteiger partial charge in [0.15, 0.2) is 0 Å². The van der Waals surface area contributed by atoms with Gasteiger partial charge in [-0.05, 0) is 54.7 Å². The predicted octanol–water partition coefficient (Wildman–Crippen LogP) is 5.93. The van der Waals surface area contributed by atoms with Crippen molar-refractivity contribution in [1.29, 1.82) is 0 Å². The zero-order valence-corrected chi connectivity index (χ0v) is 13.6. The molecule has 0 saturated carbocycles. The summed E-state index contributed by atoms with van der Waals surface area (Å²) in [6.45, 7) is 2.16. The van der Waals surface area contributed by atoms with Gasteiger partial charge in [0.1, 0.15) is 0 Å². The largest absolute Gasteiger partial charge is 0.0898 e. The minimum absolute atomic E-state index is 1.10. The molecule has 0 bridgehead atoms. The second-order valence-corrected chi connectivity index (χ2v) is 6.61. The minimum Gasteiger partial charge on any atom is -0.0898 e. The molecule has 0 spiro atoms. The molecule has 3 aromatic rings. The number of benzene rings is 3. The third-order valence-corrected chi connectivity index (χ3v) is 4.98. The van der Waals surface area contributed by atoms with E-state index in [1.165, 1.54) is 26.5 Å². The maximum absolute atomic E-state index is 2.25. The van der Waals surface area contributed by atoms with Crippen LogP contribution in [-0.4, -0.2) is 0 Å². The third-order valence-electron chi connectivity index (χ3n) is 3.79. The molecule has 0 unspecified atom stereocenters. The average molecular weight is 304 g/mol. The Labute approximate surface area is 137 Å². The van der Waals surface area contributed by atoms with E-state index in [1.807, 2.05) is 11.8 Å². The van der Waals surface area contributed by atoms with Gasteiger partial charge in [0.25, 0.3) is 0 Å². The van der Waals surface area contributed by atoms with Crippen LogP contribution in [-0.2, 0) is 12.8 Å². The lowest BCUT2D eigenvalue weighted by atomic mass is 10.0. The summed E-state index contributed by atoms with van der Waals surface area (Å²) < 4.78 is 0. The first-order valence-corrected chi connectivity index (χ1v) is 8.49. The SMILES string of the molecule is Cc1ccccc1Sc1ccc(CCc2ccccc2)cc1. The van der Waals surface area contributed by atoms with Crippen LogP contribution in [0.15, 0.2) is 88.7 Å². The fourth-order valence-corrected chi connectivity index (χ4v) is 3.36. The van der Waals surface area contributed by atoms with E-state index in [0.717, 1.165) is 12.8 Å². The van der Waals surface area contributed by atoms with Gasteiger partial charge in [0, 0.05) is 9.79 Å². The van der Waals surface area contributed by atoms with Gasteiger partial charge in [-0.2, -0.15) is 0 Å². The molecular formula is C21H20S. The molecule has 0 fully saturated rings. The second-order valence-electron chi connectivity index (χ2n) is 5.50. The van der Waals surface area contributed by atoms with E-state index in [9.17, 15) is 0 Å². The fourth-order valence-electron chi connectivity index (χ4n) is 2.46. The lowest BCUT2D eigenvalue weighted by Gasteiger charge is -2.07. The summed E-state index contributed by atoms with van der Waals surface area (Å²) in [6, 6.07) is 28.2. The fraction of sp³-hybridized carbons (Fsp3) is 0.143. The Bertz CT molecular complexity index is 714. The lowest BCUT2D eigenvalue weighted by molar-refractivity contribution is 0.958. The molecule has 0 aromatic heterocycles. The Morgan fingerprint density at radius 2 is 1.23 bits per heavy atom. The van der Waals surface area contributed by atoms with Gasteiger partial charge in [-0.3, -0.25) is 0 Å². The smallest absolute Gasteiger partial charge is 0.0151 e. The standard InChI is InChI=1S/C21H20S/c1-17-7-5-6-10-21(17)22-20-15-13-19(14-16-20)12-11-18-8-3-2-4-9-18/h2-10,13-16H,11-12H2,1H3. The molecule has 0 aliphatic rings. The van der Waals surface area contributed by atoms with Crippen LogP contribution in [0.4, 0.5) is 0 Å². The van der Waals surface area contributed by atoms with Crippen LogP contribution in [0.25, 0.3) is 0 Å². The Kier molecular flexibility index (Phi) is 4.97. The summed E-state index contributed by atoms with van der Waals surface area (Å²) in [5.41, 5.74) is 4.14. The van der Waals surface area contributed by atoms with Crippen molar-refractivity contribution in [2.24, 2.45) is 0 Å². The number of hydrogen-bond acceptors (Lipinski definition) is 1. The maximum Gasteiger partial charge on any atom is 0.0151 e. The van der Waals surface area contributed by atoms with Crippen molar-refractivity contribution in [1.82, 2.24) is 0 Å². The molecule has 3 rings (SSSR count). The molecule has 0 atom stereocenters. The quantitative estimate of drug-likeness (QED) is 0.563. The van der Waals surface area contributed by atoms with Crippen LogP contribution < -0.4 is 0 Å². The first kappa shape index (κ1) is 14.9. The van der Waals surface area contributed by atoms with E-state index in [2.05, 4.69) is 85.8 Å². The average Bonchev–Trinajstić information content (AvgIpc) is 2.57. The zero-order chi connectivity index (χ0) is 15.2. The van der Waals surface area contributed by atoms with E-state index in [-0.39, 0.29) is 0 Å². The number of aryl methyl sites for hydroxylation is 3. The van der Waals surface area contributed by atoms with Crippen molar-refractivity contribution in [3.8, 4) is 0 Å². The van der Waals surface area contributed by atoms with E-state index in [4.69, 9.17) is 0 Å². The van der Waals surface area contributed by atoms with Gasteiger partial charge < -0.3 is 0 Å². The molecule has 0 radical (unpaired) electrons. The molecule has 0 amide bonds. The van der Waals surface area contributed by atoms with Crippen molar-refractivity contribution in [2.75, 3.05) is 0 Å². The molecule has 110 valence electrons. The molecule has 0 heterocycles. The van der Waals surface area contributed by atoms with Gasteiger partial charge >= 0.3 is 0 Å². The van der Waals surface area contributed by atoms with E-state index in [0.29, 0.717) is 0 Å². The van der Waals surface area contributed by atoms with Crippen LogP contribution >= 0.6 is 11.8 Å². The molecule has 0 aliphatic heterocycles. The molecule has 3 aromatic carbocycles. The van der Waals surface area contributed by atoms with E-state index >= 15 is 0 Å². The summed E-state index contributed by atoms with van der Waals surface area (Å²) in [6.07, 6.45) is 2.20. The lowest BCUT2D eigenvalue weighted by Crippen LogP contribution is -1.90. The van der Waals surface area contributed by atoms with Crippen LogP contribution in [0, 0.1) is 6.92 Å². The summed E-state index contributed by atoms with van der Waals surface area (Å²) in [5, 5.41) is 0. The summed E-state index contributed by atoms with van der Waals surface area (Å²) in [4.78, 5) is 2.64. The van der Waals surface area contributed by atoms with Gasteiger partial charge in [-0.15, -0.1) is 0 Å². The molecule has 1 heteroatoms. The Morgan fingerprint density at radius 1 is 0.636 bits per heavy atom. The highest BCUT2D eigenvalue weighted by atomic mass is 32.2. The molecule has 0 N–H and O–H groups in total. The van der Waals surface area contributed by atoms with E-state index in [1.54, 1.807) is 0 Å². The van der Waals surface area contributed by atoms with Gasteiger partial charge in [0.05, 0.1) is 0 Å². The number of hydrogen-bond donors (Lipinski definition) is 0. The highest BCUT2D eigenvalue weighted by Gasteiger charge is 2.01. The highest BCUT2D eigenvalue weighted by Crippen LogP contribution is 2.30. The van der Waals surface area contributed by atoms with Gasteiger partial charge in [-0.1, -0.05) is 72.4 Å². The van der Waals surface area contributed by atoms with E-state index < -0.39 is 0 Å². The maximum atomic E-state index is 2.25. The van der Waals surface area contributed by atoms with Crippen molar-refractivity contribution >= 4 is 11.8 Å².